The normalized spacial score (nSPS) is 21.7. The van der Waals surface area contributed by atoms with Gasteiger partial charge < -0.3 is 9.47 Å². The van der Waals surface area contributed by atoms with Crippen LogP contribution >= 0.6 is 0 Å². The number of carbonyl (C=O) groups excluding carboxylic acids is 1. The molecule has 3 heteroatoms. The summed E-state index contributed by atoms with van der Waals surface area (Å²) in [6, 6.07) is 5.77. The Balaban J connectivity index is 2.37. The number of allylic oxidation sites excluding steroid dienone is 1. The molecule has 0 spiro atoms. The summed E-state index contributed by atoms with van der Waals surface area (Å²) in [4.78, 5) is 12.1. The summed E-state index contributed by atoms with van der Waals surface area (Å²) in [7, 11) is 3.22. The van der Waals surface area contributed by atoms with Crippen LogP contribution in [0.15, 0.2) is 30.9 Å². The highest BCUT2D eigenvalue weighted by molar-refractivity contribution is 5.96. The van der Waals surface area contributed by atoms with Crippen LogP contribution < -0.4 is 9.47 Å². The number of methoxy groups -OCH3 is 2. The quantitative estimate of drug-likeness (QED) is 0.736. The molecule has 0 amide bonds. The van der Waals surface area contributed by atoms with Crippen molar-refractivity contribution in [3.05, 3.63) is 36.4 Å². The van der Waals surface area contributed by atoms with Crippen molar-refractivity contribution in [2.75, 3.05) is 14.2 Å². The molecule has 3 nitrogen and oxygen atoms in total. The molecule has 102 valence electrons. The third kappa shape index (κ3) is 2.25. The van der Waals surface area contributed by atoms with Gasteiger partial charge in [-0.05, 0) is 37.0 Å². The van der Waals surface area contributed by atoms with Crippen LogP contribution in [-0.2, 0) is 10.2 Å². The molecular formula is C16H20O3. The van der Waals surface area contributed by atoms with Crippen molar-refractivity contribution >= 4 is 5.78 Å². The van der Waals surface area contributed by atoms with Crippen LogP contribution in [-0.4, -0.2) is 20.0 Å². The van der Waals surface area contributed by atoms with Crippen molar-refractivity contribution in [2.45, 2.75) is 31.1 Å². The number of hydrogen-bond acceptors (Lipinski definition) is 3. The van der Waals surface area contributed by atoms with Crippen LogP contribution in [0.4, 0.5) is 0 Å². The minimum atomic E-state index is -0.340. The van der Waals surface area contributed by atoms with E-state index in [2.05, 4.69) is 6.58 Å². The highest BCUT2D eigenvalue weighted by Crippen LogP contribution is 2.46. The summed E-state index contributed by atoms with van der Waals surface area (Å²) in [5.74, 6) is 1.69. The Morgan fingerprint density at radius 2 is 2.05 bits per heavy atom. The smallest absolute Gasteiger partial charge is 0.161 e. The highest BCUT2D eigenvalue weighted by Gasteiger charge is 2.46. The number of rotatable bonds is 6. The van der Waals surface area contributed by atoms with Gasteiger partial charge in [0.15, 0.2) is 11.5 Å². The highest BCUT2D eigenvalue weighted by atomic mass is 16.5. The van der Waals surface area contributed by atoms with Gasteiger partial charge in [-0.15, -0.1) is 6.58 Å². The minimum absolute atomic E-state index is 0.321. The molecule has 1 aliphatic rings. The summed E-state index contributed by atoms with van der Waals surface area (Å²) in [5, 5.41) is 0. The van der Waals surface area contributed by atoms with Crippen LogP contribution in [0.5, 0.6) is 11.5 Å². The molecule has 0 saturated heterocycles. The molecule has 1 aromatic rings. The van der Waals surface area contributed by atoms with Crippen LogP contribution in [0.3, 0.4) is 0 Å². The summed E-state index contributed by atoms with van der Waals surface area (Å²) in [6.07, 6.45) is 5.12. The average molecular weight is 260 g/mol. The maximum Gasteiger partial charge on any atom is 0.161 e. The van der Waals surface area contributed by atoms with Gasteiger partial charge in [-0.3, -0.25) is 4.79 Å². The first kappa shape index (κ1) is 13.7. The van der Waals surface area contributed by atoms with Crippen molar-refractivity contribution in [1.29, 1.82) is 0 Å². The van der Waals surface area contributed by atoms with Gasteiger partial charge in [0.05, 0.1) is 19.6 Å². The zero-order valence-corrected chi connectivity index (χ0v) is 11.6. The van der Waals surface area contributed by atoms with Gasteiger partial charge in [-0.2, -0.15) is 0 Å². The second-order valence-corrected chi connectivity index (χ2v) is 4.90. The molecule has 0 radical (unpaired) electrons. The van der Waals surface area contributed by atoms with E-state index in [1.165, 1.54) is 0 Å². The van der Waals surface area contributed by atoms with E-state index in [9.17, 15) is 4.79 Å². The van der Waals surface area contributed by atoms with E-state index < -0.39 is 0 Å². The first-order valence-electron chi connectivity index (χ1n) is 6.54. The summed E-state index contributed by atoms with van der Waals surface area (Å²) in [6.45, 7) is 3.75. The Labute approximate surface area is 114 Å². The van der Waals surface area contributed by atoms with Crippen LogP contribution in [0, 0.1) is 0 Å². The fourth-order valence-corrected chi connectivity index (χ4v) is 2.73. The standard InChI is InChI=1S/C16H20O3/c1-4-5-9-16(10-8-15(16)17)12-6-7-13(18-2)14(11-12)19-3/h4,6-7,11H,1,5,8-10H2,2-3H3/t16-/m0/s1. The molecule has 0 unspecified atom stereocenters. The van der Waals surface area contributed by atoms with Crippen molar-refractivity contribution in [1.82, 2.24) is 0 Å². The molecular weight excluding hydrogens is 240 g/mol. The molecule has 0 bridgehead atoms. The molecule has 0 aromatic heterocycles. The van der Waals surface area contributed by atoms with E-state index in [1.54, 1.807) is 14.2 Å². The largest absolute Gasteiger partial charge is 0.493 e. The van der Waals surface area contributed by atoms with Crippen molar-refractivity contribution < 1.29 is 14.3 Å². The molecule has 19 heavy (non-hydrogen) atoms. The molecule has 0 heterocycles. The van der Waals surface area contributed by atoms with Crippen LogP contribution in [0.25, 0.3) is 0 Å². The number of benzene rings is 1. The van der Waals surface area contributed by atoms with Gasteiger partial charge in [-0.25, -0.2) is 0 Å². The van der Waals surface area contributed by atoms with Gasteiger partial charge in [0.25, 0.3) is 0 Å². The Morgan fingerprint density at radius 1 is 1.32 bits per heavy atom. The fraction of sp³-hybridized carbons (Fsp3) is 0.438. The Bertz CT molecular complexity index is 493. The topological polar surface area (TPSA) is 35.5 Å². The van der Waals surface area contributed by atoms with Crippen LogP contribution in [0.1, 0.15) is 31.2 Å². The first-order valence-corrected chi connectivity index (χ1v) is 6.54. The monoisotopic (exact) mass is 260 g/mol. The Morgan fingerprint density at radius 3 is 2.53 bits per heavy atom. The molecule has 1 atom stereocenters. The maximum absolute atomic E-state index is 12.1. The van der Waals surface area contributed by atoms with Crippen molar-refractivity contribution in [2.24, 2.45) is 0 Å². The maximum atomic E-state index is 12.1. The first-order chi connectivity index (χ1) is 9.17. The number of ketones is 1. The summed E-state index contributed by atoms with van der Waals surface area (Å²) >= 11 is 0. The van der Waals surface area contributed by atoms with Gasteiger partial charge in [0, 0.05) is 6.42 Å². The lowest BCUT2D eigenvalue weighted by Crippen LogP contribution is -2.44. The second kappa shape index (κ2) is 5.47. The van der Waals surface area contributed by atoms with Crippen molar-refractivity contribution in [3.63, 3.8) is 0 Å². The summed E-state index contributed by atoms with van der Waals surface area (Å²) in [5.41, 5.74) is 0.691. The fourth-order valence-electron chi connectivity index (χ4n) is 2.73. The van der Waals surface area contributed by atoms with Gasteiger partial charge >= 0.3 is 0 Å². The molecule has 1 aromatic carbocycles. The lowest BCUT2D eigenvalue weighted by molar-refractivity contribution is -0.132. The molecule has 1 aliphatic carbocycles. The zero-order chi connectivity index (χ0) is 13.9. The Kier molecular flexibility index (Phi) is 3.93. The average Bonchev–Trinajstić information content (AvgIpc) is 2.46. The zero-order valence-electron chi connectivity index (χ0n) is 11.6. The van der Waals surface area contributed by atoms with Gasteiger partial charge in [0.2, 0.25) is 0 Å². The van der Waals surface area contributed by atoms with E-state index in [4.69, 9.17) is 9.47 Å². The third-order valence-electron chi connectivity index (χ3n) is 4.02. The minimum Gasteiger partial charge on any atom is -0.493 e. The van der Waals surface area contributed by atoms with E-state index in [1.807, 2.05) is 24.3 Å². The molecule has 2 rings (SSSR count). The lowest BCUT2D eigenvalue weighted by Gasteiger charge is -2.40. The predicted octanol–water partition coefficient (Wildman–Crippen LogP) is 3.27. The van der Waals surface area contributed by atoms with Crippen molar-refractivity contribution in [3.8, 4) is 11.5 Å². The molecule has 1 saturated carbocycles. The number of Topliss-reactive ketones (excluding diaryl/α,β-unsaturated/α-hetero) is 1. The van der Waals surface area contributed by atoms with Gasteiger partial charge in [-0.1, -0.05) is 12.1 Å². The number of ether oxygens (including phenoxy) is 2. The van der Waals surface area contributed by atoms with E-state index >= 15 is 0 Å². The molecule has 1 fully saturated rings. The van der Waals surface area contributed by atoms with Crippen LogP contribution in [0.2, 0.25) is 0 Å². The van der Waals surface area contributed by atoms with E-state index in [0.717, 1.165) is 24.8 Å². The molecule has 0 aliphatic heterocycles. The molecule has 0 N–H and O–H groups in total. The summed E-state index contributed by atoms with van der Waals surface area (Å²) < 4.78 is 10.6. The second-order valence-electron chi connectivity index (χ2n) is 4.90. The number of hydrogen-bond donors (Lipinski definition) is 0. The van der Waals surface area contributed by atoms with E-state index in [0.29, 0.717) is 23.7 Å². The third-order valence-corrected chi connectivity index (χ3v) is 4.02. The lowest BCUT2D eigenvalue weighted by atomic mass is 9.61. The van der Waals surface area contributed by atoms with Gasteiger partial charge in [0.1, 0.15) is 5.78 Å². The predicted molar refractivity (Wildman–Crippen MR) is 74.9 cm³/mol. The van der Waals surface area contributed by atoms with E-state index in [-0.39, 0.29) is 5.41 Å². The Hall–Kier alpha value is -1.77. The SMILES string of the molecule is C=CCC[C@@]1(c2ccc(OC)c(OC)c2)CCC1=O. The number of carbonyl (C=O) groups is 1.